The highest BCUT2D eigenvalue weighted by Crippen LogP contribution is 2.35. The van der Waals surface area contributed by atoms with Crippen molar-refractivity contribution in [1.82, 2.24) is 5.32 Å². The molecule has 0 amide bonds. The molecule has 166 valence electrons. The fraction of sp³-hybridized carbons (Fsp3) is 0.296. The minimum Gasteiger partial charge on any atom is -0.493 e. The van der Waals surface area contributed by atoms with Crippen LogP contribution in [0.2, 0.25) is 0 Å². The van der Waals surface area contributed by atoms with Crippen molar-refractivity contribution in [2.24, 2.45) is 0 Å². The largest absolute Gasteiger partial charge is 0.493 e. The molecule has 5 nitrogen and oxygen atoms in total. The van der Waals surface area contributed by atoms with Gasteiger partial charge < -0.3 is 19.5 Å². The topological polar surface area (TPSA) is 56.8 Å². The van der Waals surface area contributed by atoms with Gasteiger partial charge in [-0.1, -0.05) is 66.7 Å². The summed E-state index contributed by atoms with van der Waals surface area (Å²) in [5.74, 6) is 1.01. The second kappa shape index (κ2) is 10.3. The average Bonchev–Trinajstić information content (AvgIpc) is 2.85. The van der Waals surface area contributed by atoms with Crippen LogP contribution in [0.5, 0.6) is 11.5 Å². The second-order valence-corrected chi connectivity index (χ2v) is 8.02. The summed E-state index contributed by atoms with van der Waals surface area (Å²) in [6.07, 6.45) is 1.70. The van der Waals surface area contributed by atoms with Crippen molar-refractivity contribution in [2.45, 2.75) is 31.5 Å². The van der Waals surface area contributed by atoms with Gasteiger partial charge >= 0.3 is 5.97 Å². The van der Waals surface area contributed by atoms with Crippen LogP contribution in [0.3, 0.4) is 0 Å². The first-order valence-electron chi connectivity index (χ1n) is 11.0. The number of rotatable bonds is 8. The lowest BCUT2D eigenvalue weighted by atomic mass is 9.84. The Bertz CT molecular complexity index is 1010. The smallest absolute Gasteiger partial charge is 0.311 e. The van der Waals surface area contributed by atoms with Gasteiger partial charge in [0.1, 0.15) is 12.2 Å². The summed E-state index contributed by atoms with van der Waals surface area (Å²) in [6, 6.07) is 25.6. The fourth-order valence-corrected chi connectivity index (χ4v) is 4.12. The van der Waals surface area contributed by atoms with Crippen LogP contribution < -0.4 is 14.8 Å². The SMILES string of the molecule is COc1cc(CC(=O)OC2(c3ccccc3)CCNCC2)ccc1OCc1ccccc1. The number of hydrogen-bond donors (Lipinski definition) is 1. The summed E-state index contributed by atoms with van der Waals surface area (Å²) in [5, 5.41) is 3.36. The maximum atomic E-state index is 12.9. The predicted octanol–water partition coefficient (Wildman–Crippen LogP) is 4.64. The van der Waals surface area contributed by atoms with E-state index in [2.05, 4.69) is 5.32 Å². The first-order chi connectivity index (χ1) is 15.7. The normalized spacial score (nSPS) is 15.0. The molecule has 0 saturated carbocycles. The van der Waals surface area contributed by atoms with Gasteiger partial charge in [-0.05, 0) is 41.9 Å². The first kappa shape index (κ1) is 21.9. The molecular weight excluding hydrogens is 402 g/mol. The number of nitrogens with one attached hydrogen (secondary N) is 1. The van der Waals surface area contributed by atoms with Crippen LogP contribution >= 0.6 is 0 Å². The molecule has 0 aromatic heterocycles. The zero-order valence-corrected chi connectivity index (χ0v) is 18.4. The number of piperidine rings is 1. The van der Waals surface area contributed by atoms with E-state index < -0.39 is 5.60 Å². The van der Waals surface area contributed by atoms with Crippen molar-refractivity contribution in [1.29, 1.82) is 0 Å². The summed E-state index contributed by atoms with van der Waals surface area (Å²) in [5.41, 5.74) is 2.38. The van der Waals surface area contributed by atoms with Gasteiger partial charge in [0, 0.05) is 12.8 Å². The summed E-state index contributed by atoms with van der Waals surface area (Å²) in [6.45, 7) is 2.10. The summed E-state index contributed by atoms with van der Waals surface area (Å²) < 4.78 is 17.6. The molecule has 0 radical (unpaired) electrons. The highest BCUT2D eigenvalue weighted by atomic mass is 16.6. The molecule has 0 aliphatic carbocycles. The second-order valence-electron chi connectivity index (χ2n) is 8.02. The van der Waals surface area contributed by atoms with Gasteiger partial charge in [-0.25, -0.2) is 0 Å². The van der Waals surface area contributed by atoms with Gasteiger partial charge in [-0.15, -0.1) is 0 Å². The Labute approximate surface area is 189 Å². The summed E-state index contributed by atoms with van der Waals surface area (Å²) in [7, 11) is 1.60. The number of ether oxygens (including phenoxy) is 3. The Morgan fingerprint density at radius 1 is 0.875 bits per heavy atom. The third-order valence-corrected chi connectivity index (χ3v) is 5.83. The maximum absolute atomic E-state index is 12.9. The van der Waals surface area contributed by atoms with Crippen LogP contribution in [0.25, 0.3) is 0 Å². The molecule has 0 bridgehead atoms. The lowest BCUT2D eigenvalue weighted by Gasteiger charge is -2.37. The fourth-order valence-electron chi connectivity index (χ4n) is 4.12. The number of methoxy groups -OCH3 is 1. The van der Waals surface area contributed by atoms with Gasteiger partial charge in [0.2, 0.25) is 0 Å². The molecule has 5 heteroatoms. The molecule has 0 spiro atoms. The first-order valence-corrected chi connectivity index (χ1v) is 11.0. The number of carbonyl (C=O) groups excluding carboxylic acids is 1. The molecule has 0 unspecified atom stereocenters. The van der Waals surface area contributed by atoms with Gasteiger partial charge in [0.15, 0.2) is 11.5 Å². The maximum Gasteiger partial charge on any atom is 0.311 e. The zero-order valence-electron chi connectivity index (χ0n) is 18.4. The zero-order chi connectivity index (χ0) is 22.2. The lowest BCUT2D eigenvalue weighted by Crippen LogP contribution is -2.43. The van der Waals surface area contributed by atoms with E-state index in [1.165, 1.54) is 0 Å². The van der Waals surface area contributed by atoms with Gasteiger partial charge in [-0.2, -0.15) is 0 Å². The van der Waals surface area contributed by atoms with Gasteiger partial charge in [-0.3, -0.25) is 4.79 Å². The molecule has 1 fully saturated rings. The summed E-state index contributed by atoms with van der Waals surface area (Å²) in [4.78, 5) is 12.9. The molecule has 1 heterocycles. The van der Waals surface area contributed by atoms with E-state index in [0.29, 0.717) is 18.1 Å². The van der Waals surface area contributed by atoms with Crippen LogP contribution in [0, 0.1) is 0 Å². The highest BCUT2D eigenvalue weighted by Gasteiger charge is 2.37. The van der Waals surface area contributed by atoms with Crippen LogP contribution in [0.1, 0.15) is 29.5 Å². The summed E-state index contributed by atoms with van der Waals surface area (Å²) >= 11 is 0. The van der Waals surface area contributed by atoms with Crippen molar-refractivity contribution < 1.29 is 19.0 Å². The Morgan fingerprint density at radius 3 is 2.25 bits per heavy atom. The minimum absolute atomic E-state index is 0.178. The molecular formula is C27H29NO4. The third kappa shape index (κ3) is 5.29. The molecule has 1 aliphatic heterocycles. The molecule has 1 N–H and O–H groups in total. The van der Waals surface area contributed by atoms with E-state index in [1.54, 1.807) is 7.11 Å². The van der Waals surface area contributed by atoms with Gasteiger partial charge in [0.05, 0.1) is 13.5 Å². The van der Waals surface area contributed by atoms with Crippen LogP contribution in [0.15, 0.2) is 78.9 Å². The van der Waals surface area contributed by atoms with E-state index in [4.69, 9.17) is 14.2 Å². The van der Waals surface area contributed by atoms with Crippen molar-refractivity contribution in [3.05, 3.63) is 95.6 Å². The number of carbonyl (C=O) groups is 1. The van der Waals surface area contributed by atoms with Crippen LogP contribution in [-0.4, -0.2) is 26.2 Å². The molecule has 0 atom stereocenters. The van der Waals surface area contributed by atoms with Crippen molar-refractivity contribution in [2.75, 3.05) is 20.2 Å². The molecule has 1 aliphatic rings. The minimum atomic E-state index is -0.577. The van der Waals surface area contributed by atoms with E-state index in [1.807, 2.05) is 78.9 Å². The van der Waals surface area contributed by atoms with Crippen molar-refractivity contribution >= 4 is 5.97 Å². The third-order valence-electron chi connectivity index (χ3n) is 5.83. The Kier molecular flexibility index (Phi) is 7.07. The number of esters is 1. The Hall–Kier alpha value is -3.31. The van der Waals surface area contributed by atoms with E-state index in [9.17, 15) is 4.79 Å². The van der Waals surface area contributed by atoms with E-state index in [0.717, 1.165) is 42.6 Å². The Balaban J connectivity index is 1.44. The van der Waals surface area contributed by atoms with Crippen molar-refractivity contribution in [3.8, 4) is 11.5 Å². The molecule has 32 heavy (non-hydrogen) atoms. The Morgan fingerprint density at radius 2 is 1.56 bits per heavy atom. The van der Waals surface area contributed by atoms with Crippen molar-refractivity contribution in [3.63, 3.8) is 0 Å². The standard InChI is InChI=1S/C27H29NO4/c1-30-25-18-22(12-13-24(25)31-20-21-8-4-2-5-9-21)19-26(29)32-27(14-16-28-17-15-27)23-10-6-3-7-11-23/h2-13,18,28H,14-17,19-20H2,1H3. The number of benzene rings is 3. The molecule has 3 aromatic carbocycles. The van der Waals surface area contributed by atoms with Gasteiger partial charge in [0.25, 0.3) is 0 Å². The molecule has 4 rings (SSSR count). The average molecular weight is 432 g/mol. The highest BCUT2D eigenvalue weighted by molar-refractivity contribution is 5.73. The van der Waals surface area contributed by atoms with Crippen LogP contribution in [-0.2, 0) is 28.2 Å². The van der Waals surface area contributed by atoms with E-state index >= 15 is 0 Å². The van der Waals surface area contributed by atoms with E-state index in [-0.39, 0.29) is 12.4 Å². The molecule has 3 aromatic rings. The quantitative estimate of drug-likeness (QED) is 0.527. The molecule has 1 saturated heterocycles. The monoisotopic (exact) mass is 431 g/mol. The lowest BCUT2D eigenvalue weighted by molar-refractivity contribution is -0.163. The predicted molar refractivity (Wildman–Crippen MR) is 124 cm³/mol. The number of hydrogen-bond acceptors (Lipinski definition) is 5. The van der Waals surface area contributed by atoms with Crippen LogP contribution in [0.4, 0.5) is 0 Å².